The van der Waals surface area contributed by atoms with Crippen LogP contribution in [-0.4, -0.2) is 72.4 Å². The summed E-state index contributed by atoms with van der Waals surface area (Å²) in [6.45, 7) is 0.0147. The number of piperidine rings is 1. The van der Waals surface area contributed by atoms with Crippen molar-refractivity contribution in [2.24, 2.45) is 11.7 Å². The van der Waals surface area contributed by atoms with E-state index in [1.165, 1.54) is 12.0 Å². The molecule has 1 saturated heterocycles. The van der Waals surface area contributed by atoms with E-state index in [-0.39, 0.29) is 26.1 Å². The van der Waals surface area contributed by atoms with E-state index in [4.69, 9.17) is 27.2 Å². The molecule has 1 aliphatic heterocycles. The van der Waals surface area contributed by atoms with Crippen molar-refractivity contribution >= 4 is 29.4 Å². The molecule has 0 saturated carbocycles. The second-order valence-electron chi connectivity index (χ2n) is 8.61. The lowest BCUT2D eigenvalue weighted by Gasteiger charge is -2.45. The largest absolute Gasteiger partial charge is 0.481 e. The van der Waals surface area contributed by atoms with Crippen molar-refractivity contribution in [2.75, 3.05) is 26.8 Å². The lowest BCUT2D eigenvalue weighted by Crippen LogP contribution is -2.64. The van der Waals surface area contributed by atoms with Gasteiger partial charge in [-0.15, -0.1) is 0 Å². The molecule has 0 aliphatic carbocycles. The van der Waals surface area contributed by atoms with Crippen LogP contribution >= 0.6 is 11.6 Å². The molecule has 0 bridgehead atoms. The van der Waals surface area contributed by atoms with Crippen molar-refractivity contribution in [1.29, 1.82) is 0 Å². The van der Waals surface area contributed by atoms with Crippen molar-refractivity contribution in [3.8, 4) is 0 Å². The highest BCUT2D eigenvalue weighted by Crippen LogP contribution is 2.31. The van der Waals surface area contributed by atoms with Gasteiger partial charge in [-0.25, -0.2) is 0 Å². The summed E-state index contributed by atoms with van der Waals surface area (Å²) in [5.74, 6) is -4.68. The van der Waals surface area contributed by atoms with Crippen LogP contribution in [0.3, 0.4) is 0 Å². The number of carboxylic acids is 1. The van der Waals surface area contributed by atoms with Gasteiger partial charge in [-0.1, -0.05) is 23.7 Å². The molecular formula is C22H29ClF3N3O5. The Balaban J connectivity index is 2.32. The molecule has 1 fully saturated rings. The molecular weight excluding hydrogens is 479 g/mol. The van der Waals surface area contributed by atoms with E-state index in [1.54, 1.807) is 24.3 Å². The van der Waals surface area contributed by atoms with Gasteiger partial charge < -0.3 is 25.8 Å². The van der Waals surface area contributed by atoms with Crippen molar-refractivity contribution in [3.63, 3.8) is 0 Å². The first-order chi connectivity index (χ1) is 15.8. The maximum absolute atomic E-state index is 13.0. The normalized spacial score (nSPS) is 20.5. The molecule has 1 heterocycles. The van der Waals surface area contributed by atoms with Crippen LogP contribution in [0.2, 0.25) is 5.02 Å². The molecule has 0 radical (unpaired) electrons. The predicted octanol–water partition coefficient (Wildman–Crippen LogP) is 2.38. The number of hydrogen-bond acceptors (Lipinski definition) is 5. The third-order valence-corrected chi connectivity index (χ3v) is 5.92. The maximum atomic E-state index is 13.0. The van der Waals surface area contributed by atoms with Crippen LogP contribution in [0.1, 0.15) is 31.2 Å². The molecule has 1 aromatic carbocycles. The summed E-state index contributed by atoms with van der Waals surface area (Å²) in [4.78, 5) is 38.1. The summed E-state index contributed by atoms with van der Waals surface area (Å²) in [7, 11) is 1.39. The van der Waals surface area contributed by atoms with Gasteiger partial charge in [0, 0.05) is 25.2 Å². The number of alkyl halides is 3. The first kappa shape index (κ1) is 27.9. The molecule has 8 nitrogen and oxygen atoms in total. The van der Waals surface area contributed by atoms with Crippen molar-refractivity contribution in [1.82, 2.24) is 10.2 Å². The molecule has 2 amide bonds. The minimum atomic E-state index is -4.70. The summed E-state index contributed by atoms with van der Waals surface area (Å²) < 4.78 is 44.0. The quantitative estimate of drug-likeness (QED) is 0.447. The first-order valence-corrected chi connectivity index (χ1v) is 11.1. The van der Waals surface area contributed by atoms with E-state index >= 15 is 0 Å². The van der Waals surface area contributed by atoms with Crippen LogP contribution in [0, 0.1) is 5.92 Å². The number of methoxy groups -OCH3 is 1. The average molecular weight is 508 g/mol. The number of aliphatic carboxylic acids is 1. The zero-order valence-electron chi connectivity index (χ0n) is 18.7. The van der Waals surface area contributed by atoms with Crippen LogP contribution in [0.25, 0.3) is 0 Å². The Hall–Kier alpha value is -2.37. The molecule has 1 aromatic rings. The monoisotopic (exact) mass is 507 g/mol. The van der Waals surface area contributed by atoms with Gasteiger partial charge in [0.15, 0.2) is 0 Å². The highest BCUT2D eigenvalue weighted by molar-refractivity contribution is 6.30. The van der Waals surface area contributed by atoms with E-state index < -0.39 is 54.3 Å². The Kier molecular flexibility index (Phi) is 9.72. The van der Waals surface area contributed by atoms with E-state index in [0.29, 0.717) is 17.9 Å². The minimum Gasteiger partial charge on any atom is -0.481 e. The summed E-state index contributed by atoms with van der Waals surface area (Å²) in [6, 6.07) is 5.86. The standard InChI is InChI=1S/C22H29ClF3N3O5/c1-34-12-17(27)19(32)28-21(10-14-3-5-16(23)6-4-14)7-2-8-29(13-21)20(33)15(9-18(30)31)11-22(24,25)26/h3-6,15,17H,2,7-13,27H2,1H3,(H,28,32)(H,30,31)/t15?,17?,21-/m1/s1. The smallest absolute Gasteiger partial charge is 0.389 e. The van der Waals surface area contributed by atoms with Gasteiger partial charge >= 0.3 is 12.1 Å². The third-order valence-electron chi connectivity index (χ3n) is 5.66. The number of hydrogen-bond donors (Lipinski definition) is 3. The molecule has 0 spiro atoms. The molecule has 34 heavy (non-hydrogen) atoms. The lowest BCUT2D eigenvalue weighted by atomic mass is 9.82. The highest BCUT2D eigenvalue weighted by Gasteiger charge is 2.43. The summed E-state index contributed by atoms with van der Waals surface area (Å²) in [5, 5.41) is 12.4. The number of benzene rings is 1. The second-order valence-corrected chi connectivity index (χ2v) is 9.05. The number of halogens is 4. The molecule has 3 atom stereocenters. The highest BCUT2D eigenvalue weighted by atomic mass is 35.5. The van der Waals surface area contributed by atoms with Crippen molar-refractivity contribution in [3.05, 3.63) is 34.9 Å². The first-order valence-electron chi connectivity index (χ1n) is 10.7. The Bertz CT molecular complexity index is 868. The number of nitrogens with one attached hydrogen (secondary N) is 1. The number of rotatable bonds is 10. The molecule has 1 aliphatic rings. The predicted molar refractivity (Wildman–Crippen MR) is 118 cm³/mol. The topological polar surface area (TPSA) is 122 Å². The minimum absolute atomic E-state index is 0.0439. The van der Waals surface area contributed by atoms with E-state index in [0.717, 1.165) is 5.56 Å². The Morgan fingerprint density at radius 1 is 1.29 bits per heavy atom. The summed E-state index contributed by atoms with van der Waals surface area (Å²) in [5.41, 5.74) is 5.63. The Labute approximate surface area is 200 Å². The molecule has 0 aromatic heterocycles. The number of carbonyl (C=O) groups is 3. The van der Waals surface area contributed by atoms with E-state index in [1.807, 2.05) is 0 Å². The number of likely N-dealkylation sites (tertiary alicyclic amines) is 1. The number of ether oxygens (including phenoxy) is 1. The van der Waals surface area contributed by atoms with Gasteiger partial charge in [-0.3, -0.25) is 14.4 Å². The molecule has 190 valence electrons. The molecule has 4 N–H and O–H groups in total. The average Bonchev–Trinajstić information content (AvgIpc) is 2.73. The van der Waals surface area contributed by atoms with Gasteiger partial charge in [-0.2, -0.15) is 13.2 Å². The second kappa shape index (κ2) is 11.9. The van der Waals surface area contributed by atoms with E-state index in [2.05, 4.69) is 5.32 Å². The zero-order chi connectivity index (χ0) is 25.5. The fourth-order valence-electron chi connectivity index (χ4n) is 4.21. The number of nitrogens with two attached hydrogens (primary N) is 1. The molecule has 2 rings (SSSR count). The number of amides is 2. The van der Waals surface area contributed by atoms with Crippen LogP contribution in [0.5, 0.6) is 0 Å². The number of carboxylic acid groups (broad SMARTS) is 1. The van der Waals surface area contributed by atoms with Crippen molar-refractivity contribution < 1.29 is 37.4 Å². The van der Waals surface area contributed by atoms with Crippen LogP contribution in [-0.2, 0) is 25.5 Å². The van der Waals surface area contributed by atoms with Crippen LogP contribution in [0.15, 0.2) is 24.3 Å². The molecule has 2 unspecified atom stereocenters. The zero-order valence-corrected chi connectivity index (χ0v) is 19.5. The Morgan fingerprint density at radius 2 is 1.94 bits per heavy atom. The number of carbonyl (C=O) groups excluding carboxylic acids is 2. The van der Waals surface area contributed by atoms with Crippen LogP contribution in [0.4, 0.5) is 13.2 Å². The molecule has 12 heteroatoms. The SMILES string of the molecule is COCC(N)C(=O)N[C@@]1(Cc2ccc(Cl)cc2)CCCN(C(=O)C(CC(=O)O)CC(F)(F)F)C1. The summed E-state index contributed by atoms with van der Waals surface area (Å²) >= 11 is 5.95. The Morgan fingerprint density at radius 3 is 2.50 bits per heavy atom. The van der Waals surface area contributed by atoms with E-state index in [9.17, 15) is 27.6 Å². The third kappa shape index (κ3) is 8.44. The fraction of sp³-hybridized carbons (Fsp3) is 0.591. The van der Waals surface area contributed by atoms with Crippen molar-refractivity contribution in [2.45, 2.75) is 49.9 Å². The van der Waals surface area contributed by atoms with Gasteiger partial charge in [0.25, 0.3) is 0 Å². The van der Waals surface area contributed by atoms with Gasteiger partial charge in [0.05, 0.1) is 30.9 Å². The van der Waals surface area contributed by atoms with Gasteiger partial charge in [-0.05, 0) is 37.0 Å². The van der Waals surface area contributed by atoms with Gasteiger partial charge in [0.2, 0.25) is 11.8 Å². The number of nitrogens with zero attached hydrogens (tertiary/aromatic N) is 1. The lowest BCUT2D eigenvalue weighted by molar-refractivity contribution is -0.164. The summed E-state index contributed by atoms with van der Waals surface area (Å²) in [6.07, 6.45) is -6.08. The maximum Gasteiger partial charge on any atom is 0.389 e. The van der Waals surface area contributed by atoms with Gasteiger partial charge in [0.1, 0.15) is 6.04 Å². The fourth-order valence-corrected chi connectivity index (χ4v) is 4.33. The van der Waals surface area contributed by atoms with Crippen LogP contribution < -0.4 is 11.1 Å².